The summed E-state index contributed by atoms with van der Waals surface area (Å²) in [6, 6.07) is 1.64. The highest BCUT2D eigenvalue weighted by molar-refractivity contribution is 7.14. The van der Waals surface area contributed by atoms with Gasteiger partial charge in [-0.1, -0.05) is 0 Å². The molecule has 0 saturated heterocycles. The molecule has 0 aliphatic carbocycles. The lowest BCUT2D eigenvalue weighted by atomic mass is 10.2. The monoisotopic (exact) mass is 242 g/mol. The average Bonchev–Trinajstić information content (AvgIpc) is 2.46. The zero-order valence-corrected chi connectivity index (χ0v) is 10.0. The minimum Gasteiger partial charge on any atom is -0.477 e. The van der Waals surface area contributed by atoms with E-state index in [1.54, 1.807) is 18.0 Å². The second-order valence-corrected chi connectivity index (χ2v) is 4.89. The third-order valence-corrected chi connectivity index (χ3v) is 3.18. The van der Waals surface area contributed by atoms with Crippen LogP contribution in [0.1, 0.15) is 20.1 Å². The van der Waals surface area contributed by atoms with E-state index in [1.165, 1.54) is 11.3 Å². The van der Waals surface area contributed by atoms with E-state index in [9.17, 15) is 9.59 Å². The largest absolute Gasteiger partial charge is 0.477 e. The molecule has 1 rings (SSSR count). The van der Waals surface area contributed by atoms with E-state index >= 15 is 0 Å². The minimum absolute atomic E-state index is 0.164. The fourth-order valence-electron chi connectivity index (χ4n) is 1.39. The molecule has 0 radical (unpaired) electrons. The molecule has 3 N–H and O–H groups in total. The summed E-state index contributed by atoms with van der Waals surface area (Å²) < 4.78 is 0. The predicted molar refractivity (Wildman–Crippen MR) is 61.5 cm³/mol. The third-order valence-electron chi connectivity index (χ3n) is 2.10. The molecule has 16 heavy (non-hydrogen) atoms. The SMILES string of the molecule is Cc1sc(C(=O)O)cc1CN(C)CC(N)=O. The lowest BCUT2D eigenvalue weighted by Crippen LogP contribution is -2.30. The number of carbonyl (C=O) groups is 2. The number of carbonyl (C=O) groups excluding carboxylic acids is 1. The zero-order chi connectivity index (χ0) is 12.3. The molecular weight excluding hydrogens is 228 g/mol. The Labute approximate surface area is 97.5 Å². The van der Waals surface area contributed by atoms with E-state index in [1.807, 2.05) is 6.92 Å². The first kappa shape index (κ1) is 12.7. The number of likely N-dealkylation sites (N-methyl/N-ethyl adjacent to an activating group) is 1. The summed E-state index contributed by atoms with van der Waals surface area (Å²) in [5.74, 6) is -1.31. The van der Waals surface area contributed by atoms with Crippen molar-refractivity contribution in [3.8, 4) is 0 Å². The first-order valence-corrected chi connectivity index (χ1v) is 5.51. The van der Waals surface area contributed by atoms with Gasteiger partial charge in [-0.15, -0.1) is 11.3 Å². The number of hydrogen-bond donors (Lipinski definition) is 2. The van der Waals surface area contributed by atoms with E-state index in [0.29, 0.717) is 11.4 Å². The summed E-state index contributed by atoms with van der Waals surface area (Å²) in [5, 5.41) is 8.82. The zero-order valence-electron chi connectivity index (χ0n) is 9.19. The number of rotatable bonds is 5. The van der Waals surface area contributed by atoms with Crippen LogP contribution in [0.3, 0.4) is 0 Å². The Morgan fingerprint density at radius 2 is 2.19 bits per heavy atom. The molecule has 0 atom stereocenters. The normalized spacial score (nSPS) is 10.7. The second kappa shape index (κ2) is 5.09. The molecule has 0 saturated carbocycles. The number of thiophene rings is 1. The summed E-state index contributed by atoms with van der Waals surface area (Å²) in [7, 11) is 1.77. The van der Waals surface area contributed by atoms with Crippen molar-refractivity contribution in [2.75, 3.05) is 13.6 Å². The van der Waals surface area contributed by atoms with Gasteiger partial charge < -0.3 is 10.8 Å². The number of carboxylic acid groups (broad SMARTS) is 1. The maximum Gasteiger partial charge on any atom is 0.345 e. The van der Waals surface area contributed by atoms with Gasteiger partial charge in [-0.2, -0.15) is 0 Å². The topological polar surface area (TPSA) is 83.6 Å². The molecule has 1 aromatic heterocycles. The van der Waals surface area contributed by atoms with Crippen LogP contribution in [0.25, 0.3) is 0 Å². The third kappa shape index (κ3) is 3.32. The molecule has 1 heterocycles. The minimum atomic E-state index is -0.920. The van der Waals surface area contributed by atoms with Crippen molar-refractivity contribution >= 4 is 23.2 Å². The van der Waals surface area contributed by atoms with Crippen molar-refractivity contribution in [2.45, 2.75) is 13.5 Å². The molecule has 1 aromatic rings. The lowest BCUT2D eigenvalue weighted by Gasteiger charge is -2.13. The quantitative estimate of drug-likeness (QED) is 0.795. The summed E-state index contributed by atoms with van der Waals surface area (Å²) in [6.45, 7) is 2.56. The van der Waals surface area contributed by atoms with Gasteiger partial charge in [-0.05, 0) is 25.6 Å². The van der Waals surface area contributed by atoms with Gasteiger partial charge in [-0.3, -0.25) is 9.69 Å². The molecule has 0 bridgehead atoms. The molecule has 0 fully saturated rings. The number of aryl methyl sites for hydroxylation is 1. The van der Waals surface area contributed by atoms with Crippen LogP contribution < -0.4 is 5.73 Å². The fourth-order valence-corrected chi connectivity index (χ4v) is 2.27. The number of hydrogen-bond acceptors (Lipinski definition) is 4. The number of nitrogens with two attached hydrogens (primary N) is 1. The van der Waals surface area contributed by atoms with Gasteiger partial charge in [0.25, 0.3) is 0 Å². The van der Waals surface area contributed by atoms with Crippen molar-refractivity contribution < 1.29 is 14.7 Å². The van der Waals surface area contributed by atoms with Gasteiger partial charge in [-0.25, -0.2) is 4.79 Å². The molecular formula is C10H14N2O3S. The van der Waals surface area contributed by atoms with Gasteiger partial charge in [0.05, 0.1) is 6.54 Å². The van der Waals surface area contributed by atoms with Crippen LogP contribution in [0.2, 0.25) is 0 Å². The van der Waals surface area contributed by atoms with E-state index in [-0.39, 0.29) is 6.54 Å². The Kier molecular flexibility index (Phi) is 4.03. The molecule has 0 aromatic carbocycles. The number of primary amides is 1. The van der Waals surface area contributed by atoms with Crippen molar-refractivity contribution in [1.29, 1.82) is 0 Å². The van der Waals surface area contributed by atoms with E-state index in [0.717, 1.165) is 10.4 Å². The highest BCUT2D eigenvalue weighted by Crippen LogP contribution is 2.22. The van der Waals surface area contributed by atoms with Gasteiger partial charge in [0, 0.05) is 11.4 Å². The first-order valence-electron chi connectivity index (χ1n) is 4.69. The van der Waals surface area contributed by atoms with Gasteiger partial charge in [0.1, 0.15) is 4.88 Å². The summed E-state index contributed by atoms with van der Waals surface area (Å²) in [4.78, 5) is 24.5. The molecule has 1 amide bonds. The van der Waals surface area contributed by atoms with Gasteiger partial charge >= 0.3 is 5.97 Å². The molecule has 0 aliphatic rings. The number of amides is 1. The second-order valence-electron chi connectivity index (χ2n) is 3.64. The summed E-state index contributed by atoms with van der Waals surface area (Å²) in [6.07, 6.45) is 0. The van der Waals surface area contributed by atoms with Crippen LogP contribution in [0.15, 0.2) is 6.07 Å². The Hall–Kier alpha value is -1.40. The molecule has 6 heteroatoms. The van der Waals surface area contributed by atoms with Crippen LogP contribution in [0, 0.1) is 6.92 Å². The highest BCUT2D eigenvalue weighted by atomic mass is 32.1. The summed E-state index contributed by atoms with van der Waals surface area (Å²) in [5.41, 5.74) is 5.99. The van der Waals surface area contributed by atoms with Crippen molar-refractivity contribution in [1.82, 2.24) is 4.90 Å². The van der Waals surface area contributed by atoms with Crippen LogP contribution in [0.4, 0.5) is 0 Å². The predicted octanol–water partition coefficient (Wildman–Crippen LogP) is 0.672. The van der Waals surface area contributed by atoms with Crippen LogP contribution in [-0.4, -0.2) is 35.5 Å². The molecule has 0 aliphatic heterocycles. The van der Waals surface area contributed by atoms with E-state index in [4.69, 9.17) is 10.8 Å². The Morgan fingerprint density at radius 1 is 1.56 bits per heavy atom. The Bertz CT molecular complexity index is 414. The number of nitrogens with zero attached hydrogens (tertiary/aromatic N) is 1. The standard InChI is InChI=1S/C10H14N2O3S/c1-6-7(3-8(16-6)10(14)15)4-12(2)5-9(11)13/h3H,4-5H2,1-2H3,(H2,11,13)(H,14,15). The van der Waals surface area contributed by atoms with Crippen molar-refractivity contribution in [3.05, 3.63) is 21.4 Å². The van der Waals surface area contributed by atoms with Crippen molar-refractivity contribution in [2.24, 2.45) is 5.73 Å². The molecule has 0 spiro atoms. The van der Waals surface area contributed by atoms with Gasteiger partial charge in [0.15, 0.2) is 0 Å². The molecule has 88 valence electrons. The van der Waals surface area contributed by atoms with Crippen molar-refractivity contribution in [3.63, 3.8) is 0 Å². The Morgan fingerprint density at radius 3 is 2.62 bits per heavy atom. The van der Waals surface area contributed by atoms with Crippen LogP contribution in [-0.2, 0) is 11.3 Å². The maximum absolute atomic E-state index is 10.8. The van der Waals surface area contributed by atoms with E-state index < -0.39 is 11.9 Å². The molecule has 0 unspecified atom stereocenters. The maximum atomic E-state index is 10.8. The van der Waals surface area contributed by atoms with E-state index in [2.05, 4.69) is 0 Å². The smallest absolute Gasteiger partial charge is 0.345 e. The number of aromatic carboxylic acids is 1. The average molecular weight is 242 g/mol. The Balaban J connectivity index is 2.73. The number of carboxylic acids is 1. The fraction of sp³-hybridized carbons (Fsp3) is 0.400. The molecule has 5 nitrogen and oxygen atoms in total. The summed E-state index contributed by atoms with van der Waals surface area (Å²) >= 11 is 1.24. The van der Waals surface area contributed by atoms with Gasteiger partial charge in [0.2, 0.25) is 5.91 Å². The van der Waals surface area contributed by atoms with Crippen LogP contribution >= 0.6 is 11.3 Å². The highest BCUT2D eigenvalue weighted by Gasteiger charge is 2.12. The van der Waals surface area contributed by atoms with Crippen LogP contribution in [0.5, 0.6) is 0 Å². The first-order chi connectivity index (χ1) is 7.40. The lowest BCUT2D eigenvalue weighted by molar-refractivity contribution is -0.118.